The Morgan fingerprint density at radius 2 is 1.78 bits per heavy atom. The molecule has 0 aliphatic carbocycles. The molecule has 8 nitrogen and oxygen atoms in total. The van der Waals surface area contributed by atoms with Gasteiger partial charge in [0.2, 0.25) is 0 Å². The van der Waals surface area contributed by atoms with Gasteiger partial charge in [0, 0.05) is 23.0 Å². The zero-order valence-electron chi connectivity index (χ0n) is 18.1. The quantitative estimate of drug-likeness (QED) is 0.259. The molecule has 0 bridgehead atoms. The number of ether oxygens (including phenoxy) is 2. The molecule has 0 aliphatic heterocycles. The number of pyridine rings is 1. The number of terminal acetylenes is 1. The lowest BCUT2D eigenvalue weighted by molar-refractivity contribution is -0.274. The van der Waals surface area contributed by atoms with E-state index in [-0.39, 0.29) is 10.9 Å². The molecule has 36 heavy (non-hydrogen) atoms. The number of rotatable bonds is 6. The van der Waals surface area contributed by atoms with E-state index >= 15 is 0 Å². The highest BCUT2D eigenvalue weighted by Crippen LogP contribution is 2.24. The fraction of sp³-hybridized carbons (Fsp3) is 0.0833. The second-order valence-electron chi connectivity index (χ2n) is 7.12. The Kier molecular flexibility index (Phi) is 7.07. The van der Waals surface area contributed by atoms with E-state index in [1.165, 1.54) is 47.5 Å². The lowest BCUT2D eigenvalue weighted by Gasteiger charge is -2.13. The van der Waals surface area contributed by atoms with Crippen molar-refractivity contribution in [1.29, 1.82) is 0 Å². The molecule has 0 saturated carbocycles. The highest BCUT2D eigenvalue weighted by atomic mass is 35.5. The van der Waals surface area contributed by atoms with Crippen molar-refractivity contribution in [2.45, 2.75) is 12.5 Å². The number of benzene rings is 2. The maximum absolute atomic E-state index is 12.3. The van der Waals surface area contributed by atoms with Crippen molar-refractivity contribution in [2.75, 3.05) is 5.32 Å². The minimum Gasteiger partial charge on any atom is -0.428 e. The number of nitrogens with zero attached hydrogens (tertiary/aromatic N) is 4. The smallest absolute Gasteiger partial charge is 0.428 e. The summed E-state index contributed by atoms with van der Waals surface area (Å²) in [5, 5.41) is 7.19. The molecule has 1 N–H and O–H groups in total. The molecule has 0 aliphatic rings. The number of anilines is 1. The molecule has 4 rings (SSSR count). The molecule has 1 unspecified atom stereocenters. The summed E-state index contributed by atoms with van der Waals surface area (Å²) >= 11 is 5.76. The van der Waals surface area contributed by atoms with Crippen LogP contribution in [0.4, 0.5) is 23.7 Å². The summed E-state index contributed by atoms with van der Waals surface area (Å²) in [6, 6.07) is 14.9. The molecular formula is C24H15ClF3N5O3. The fourth-order valence-corrected chi connectivity index (χ4v) is 3.13. The molecule has 4 aromatic rings. The van der Waals surface area contributed by atoms with Gasteiger partial charge < -0.3 is 9.47 Å². The van der Waals surface area contributed by atoms with Crippen molar-refractivity contribution in [3.63, 3.8) is 0 Å². The number of nitrogens with one attached hydrogen (secondary N) is 1. The highest BCUT2D eigenvalue weighted by Gasteiger charge is 2.31. The first-order chi connectivity index (χ1) is 17.2. The third kappa shape index (κ3) is 6.31. The van der Waals surface area contributed by atoms with Crippen LogP contribution in [0.15, 0.2) is 73.2 Å². The Balaban J connectivity index is 1.38. The van der Waals surface area contributed by atoms with E-state index in [4.69, 9.17) is 22.8 Å². The van der Waals surface area contributed by atoms with Gasteiger partial charge in [0.1, 0.15) is 17.2 Å². The monoisotopic (exact) mass is 513 g/mol. The number of amides is 1. The molecule has 1 amide bonds. The summed E-state index contributed by atoms with van der Waals surface area (Å²) in [6.45, 7) is 0. The highest BCUT2D eigenvalue weighted by molar-refractivity contribution is 6.29. The molecule has 0 fully saturated rings. The SMILES string of the molecule is C#CC(OC(=O)Nc1ccc(-c2ncn(-c3ccc(OC(F)(F)F)cc3)n2)cc1)c1ccc(Cl)nc1. The van der Waals surface area contributed by atoms with Gasteiger partial charge in [-0.15, -0.1) is 24.7 Å². The van der Waals surface area contributed by atoms with Crippen molar-refractivity contribution in [3.8, 4) is 35.2 Å². The van der Waals surface area contributed by atoms with Crippen LogP contribution in [0.25, 0.3) is 17.1 Å². The molecule has 12 heteroatoms. The maximum Gasteiger partial charge on any atom is 0.573 e. The summed E-state index contributed by atoms with van der Waals surface area (Å²) < 4.78 is 47.5. The number of hydrogen-bond acceptors (Lipinski definition) is 6. The van der Waals surface area contributed by atoms with E-state index in [0.29, 0.717) is 28.3 Å². The van der Waals surface area contributed by atoms with Crippen molar-refractivity contribution in [2.24, 2.45) is 0 Å². The zero-order valence-corrected chi connectivity index (χ0v) is 18.9. The van der Waals surface area contributed by atoms with Crippen LogP contribution < -0.4 is 10.1 Å². The molecule has 0 spiro atoms. The maximum atomic E-state index is 12.3. The first-order valence-electron chi connectivity index (χ1n) is 10.1. The Morgan fingerprint density at radius 3 is 2.39 bits per heavy atom. The molecule has 0 saturated heterocycles. The molecular weight excluding hydrogens is 499 g/mol. The largest absolute Gasteiger partial charge is 0.573 e. The average Bonchev–Trinajstić information content (AvgIpc) is 3.33. The van der Waals surface area contributed by atoms with Crippen molar-refractivity contribution >= 4 is 23.4 Å². The summed E-state index contributed by atoms with van der Waals surface area (Å²) in [6.07, 6.45) is 1.83. The van der Waals surface area contributed by atoms with Crippen LogP contribution in [0.3, 0.4) is 0 Å². The number of carbonyl (C=O) groups is 1. The number of carbonyl (C=O) groups excluding carboxylic acids is 1. The van der Waals surface area contributed by atoms with Crippen molar-refractivity contribution in [1.82, 2.24) is 19.7 Å². The first kappa shape index (κ1) is 24.6. The predicted octanol–water partition coefficient (Wildman–Crippen LogP) is 5.80. The minimum absolute atomic E-state index is 0.284. The zero-order chi connectivity index (χ0) is 25.7. The van der Waals surface area contributed by atoms with Gasteiger partial charge in [-0.3, -0.25) is 5.32 Å². The molecule has 0 radical (unpaired) electrons. The Bertz CT molecular complexity index is 1380. The second kappa shape index (κ2) is 10.4. The lowest BCUT2D eigenvalue weighted by Crippen LogP contribution is -2.17. The van der Waals surface area contributed by atoms with Gasteiger partial charge in [0.15, 0.2) is 11.9 Å². The lowest BCUT2D eigenvalue weighted by atomic mass is 10.2. The van der Waals surface area contributed by atoms with E-state index in [1.807, 2.05) is 0 Å². The fourth-order valence-electron chi connectivity index (χ4n) is 3.02. The summed E-state index contributed by atoms with van der Waals surface area (Å²) in [5.74, 6) is 2.39. The topological polar surface area (TPSA) is 91.2 Å². The van der Waals surface area contributed by atoms with E-state index < -0.39 is 18.6 Å². The van der Waals surface area contributed by atoms with Gasteiger partial charge in [-0.2, -0.15) is 0 Å². The van der Waals surface area contributed by atoms with Crippen molar-refractivity contribution < 1.29 is 27.4 Å². The molecule has 2 heterocycles. The Labute approximate surface area is 207 Å². The van der Waals surface area contributed by atoms with Gasteiger partial charge in [-0.1, -0.05) is 17.5 Å². The number of hydrogen-bond donors (Lipinski definition) is 1. The Hall–Kier alpha value is -4.56. The van der Waals surface area contributed by atoms with E-state index in [0.717, 1.165) is 0 Å². The summed E-state index contributed by atoms with van der Waals surface area (Å²) in [7, 11) is 0. The van der Waals surface area contributed by atoms with Gasteiger partial charge >= 0.3 is 12.5 Å². The van der Waals surface area contributed by atoms with Crippen LogP contribution in [0.1, 0.15) is 11.7 Å². The van der Waals surface area contributed by atoms with Crippen LogP contribution in [-0.2, 0) is 4.74 Å². The van der Waals surface area contributed by atoms with Gasteiger partial charge in [-0.05, 0) is 60.7 Å². The number of alkyl halides is 3. The molecule has 182 valence electrons. The van der Waals surface area contributed by atoms with Crippen LogP contribution in [0, 0.1) is 12.3 Å². The van der Waals surface area contributed by atoms with Crippen LogP contribution in [0.2, 0.25) is 5.15 Å². The normalized spacial score (nSPS) is 11.9. The van der Waals surface area contributed by atoms with E-state index in [2.05, 4.69) is 31.0 Å². The van der Waals surface area contributed by atoms with Crippen LogP contribution in [0.5, 0.6) is 5.75 Å². The minimum atomic E-state index is -4.77. The van der Waals surface area contributed by atoms with Gasteiger partial charge in [0.25, 0.3) is 0 Å². The molecule has 2 aromatic heterocycles. The van der Waals surface area contributed by atoms with Crippen LogP contribution >= 0.6 is 11.6 Å². The van der Waals surface area contributed by atoms with Gasteiger partial charge in [-0.25, -0.2) is 19.4 Å². The van der Waals surface area contributed by atoms with Crippen molar-refractivity contribution in [3.05, 3.63) is 83.9 Å². The molecule has 1 atom stereocenters. The second-order valence-corrected chi connectivity index (χ2v) is 7.51. The number of aromatic nitrogens is 4. The third-order valence-electron chi connectivity index (χ3n) is 4.65. The first-order valence-corrected chi connectivity index (χ1v) is 10.5. The third-order valence-corrected chi connectivity index (χ3v) is 4.87. The Morgan fingerprint density at radius 1 is 1.06 bits per heavy atom. The number of halogens is 4. The standard InChI is InChI=1S/C24H15ClF3N5O3/c1-2-20(16-5-12-21(25)29-13-16)35-23(34)31-17-6-3-15(4-7-17)22-30-14-33(32-22)18-8-10-19(11-9-18)36-24(26,27)28/h1,3-14,20H,(H,31,34). The van der Waals surface area contributed by atoms with Gasteiger partial charge in [0.05, 0.1) is 5.69 Å². The van der Waals surface area contributed by atoms with E-state index in [1.54, 1.807) is 30.3 Å². The van der Waals surface area contributed by atoms with E-state index in [9.17, 15) is 18.0 Å². The summed E-state index contributed by atoms with van der Waals surface area (Å²) in [5.41, 5.74) is 2.06. The predicted molar refractivity (Wildman–Crippen MR) is 124 cm³/mol. The molecule has 2 aromatic carbocycles. The van der Waals surface area contributed by atoms with Crippen LogP contribution in [-0.4, -0.2) is 32.2 Å². The average molecular weight is 514 g/mol. The summed E-state index contributed by atoms with van der Waals surface area (Å²) in [4.78, 5) is 20.4.